The number of carbonyl (C=O) groups is 1. The van der Waals surface area contributed by atoms with Crippen LogP contribution in [0.15, 0.2) is 0 Å². The largest absolute Gasteiger partial charge is 0.464 e. The third kappa shape index (κ3) is 3.19. The van der Waals surface area contributed by atoms with Crippen LogP contribution in [0.4, 0.5) is 0 Å². The van der Waals surface area contributed by atoms with Crippen LogP contribution in [0.3, 0.4) is 0 Å². The molecule has 1 saturated carbocycles. The zero-order valence-electron chi connectivity index (χ0n) is 9.65. The Morgan fingerprint density at radius 2 is 2.06 bits per heavy atom. The maximum absolute atomic E-state index is 11.6. The number of aliphatic hydroxyl groups excluding tert-OH is 1. The molecule has 1 heterocycles. The van der Waals surface area contributed by atoms with Crippen LogP contribution in [0.5, 0.6) is 0 Å². The van der Waals surface area contributed by atoms with Crippen LogP contribution in [-0.2, 0) is 9.53 Å². The number of nitrogens with one attached hydrogen (secondary N) is 1. The second-order valence-corrected chi connectivity index (χ2v) is 4.98. The highest BCUT2D eigenvalue weighted by Crippen LogP contribution is 2.24. The van der Waals surface area contributed by atoms with Crippen molar-refractivity contribution in [3.8, 4) is 0 Å². The highest BCUT2D eigenvalue weighted by Gasteiger charge is 2.29. The van der Waals surface area contributed by atoms with E-state index < -0.39 is 6.10 Å². The van der Waals surface area contributed by atoms with Gasteiger partial charge in [0.15, 0.2) is 0 Å². The van der Waals surface area contributed by atoms with E-state index in [1.807, 2.05) is 0 Å². The number of aliphatic hydroxyl groups is 1. The van der Waals surface area contributed by atoms with E-state index >= 15 is 0 Å². The van der Waals surface area contributed by atoms with Crippen molar-refractivity contribution >= 4 is 5.97 Å². The molecule has 0 aromatic heterocycles. The van der Waals surface area contributed by atoms with E-state index in [0.29, 0.717) is 25.5 Å². The molecule has 2 N–H and O–H groups in total. The molecule has 2 atom stereocenters. The van der Waals surface area contributed by atoms with Crippen molar-refractivity contribution in [3.63, 3.8) is 0 Å². The predicted molar refractivity (Wildman–Crippen MR) is 59.9 cm³/mol. The Morgan fingerprint density at radius 3 is 2.69 bits per heavy atom. The Bertz CT molecular complexity index is 238. The Hall–Kier alpha value is -0.610. The summed E-state index contributed by atoms with van der Waals surface area (Å²) in [6, 6.07) is -0.293. The van der Waals surface area contributed by atoms with Crippen LogP contribution in [0.1, 0.15) is 38.5 Å². The first-order valence-electron chi connectivity index (χ1n) is 6.34. The van der Waals surface area contributed by atoms with Crippen molar-refractivity contribution in [2.24, 2.45) is 5.92 Å². The molecule has 16 heavy (non-hydrogen) atoms. The molecule has 2 aliphatic rings. The fraction of sp³-hybridized carbons (Fsp3) is 0.917. The Labute approximate surface area is 96.4 Å². The van der Waals surface area contributed by atoms with Gasteiger partial charge in [-0.15, -0.1) is 0 Å². The molecule has 4 heteroatoms. The smallest absolute Gasteiger partial charge is 0.323 e. The molecule has 1 saturated heterocycles. The highest BCUT2D eigenvalue weighted by molar-refractivity contribution is 5.76. The fourth-order valence-electron chi connectivity index (χ4n) is 2.55. The van der Waals surface area contributed by atoms with E-state index in [0.717, 1.165) is 0 Å². The van der Waals surface area contributed by atoms with Gasteiger partial charge in [0.2, 0.25) is 0 Å². The monoisotopic (exact) mass is 227 g/mol. The van der Waals surface area contributed by atoms with Gasteiger partial charge in [-0.1, -0.05) is 19.3 Å². The van der Waals surface area contributed by atoms with Gasteiger partial charge >= 0.3 is 5.97 Å². The molecular weight excluding hydrogens is 206 g/mol. The lowest BCUT2D eigenvalue weighted by Gasteiger charge is -2.21. The third-order valence-electron chi connectivity index (χ3n) is 3.58. The van der Waals surface area contributed by atoms with E-state index in [9.17, 15) is 9.90 Å². The molecule has 92 valence electrons. The first-order valence-corrected chi connectivity index (χ1v) is 6.34. The van der Waals surface area contributed by atoms with Crippen molar-refractivity contribution in [1.29, 1.82) is 0 Å². The number of carbonyl (C=O) groups excluding carboxylic acids is 1. The second-order valence-electron chi connectivity index (χ2n) is 4.98. The molecule has 1 aliphatic heterocycles. The Morgan fingerprint density at radius 1 is 1.31 bits per heavy atom. The zero-order valence-corrected chi connectivity index (χ0v) is 9.65. The minimum absolute atomic E-state index is 0.192. The van der Waals surface area contributed by atoms with Gasteiger partial charge in [-0.2, -0.15) is 0 Å². The average molecular weight is 227 g/mol. The SMILES string of the molecule is O=C(OCC1CCCCC1)[C@@H]1C[C@@H](O)CN1. The predicted octanol–water partition coefficient (Wildman–Crippen LogP) is 0.833. The van der Waals surface area contributed by atoms with Gasteiger partial charge in [0.05, 0.1) is 12.7 Å². The summed E-state index contributed by atoms with van der Waals surface area (Å²) in [5, 5.41) is 12.3. The van der Waals surface area contributed by atoms with Gasteiger partial charge in [0.1, 0.15) is 6.04 Å². The van der Waals surface area contributed by atoms with Crippen molar-refractivity contribution in [1.82, 2.24) is 5.32 Å². The lowest BCUT2D eigenvalue weighted by atomic mass is 9.90. The number of rotatable bonds is 3. The van der Waals surface area contributed by atoms with E-state index in [-0.39, 0.29) is 12.0 Å². The van der Waals surface area contributed by atoms with Gasteiger partial charge in [-0.25, -0.2) is 0 Å². The van der Waals surface area contributed by atoms with Gasteiger partial charge in [0.25, 0.3) is 0 Å². The Kier molecular flexibility index (Phi) is 4.18. The molecule has 0 bridgehead atoms. The van der Waals surface area contributed by atoms with Gasteiger partial charge in [-0.05, 0) is 18.8 Å². The number of hydrogen-bond donors (Lipinski definition) is 2. The van der Waals surface area contributed by atoms with E-state index in [2.05, 4.69) is 5.32 Å². The molecule has 2 fully saturated rings. The summed E-state index contributed by atoms with van der Waals surface area (Å²) in [5.41, 5.74) is 0. The van der Waals surface area contributed by atoms with Crippen LogP contribution in [0.25, 0.3) is 0 Å². The molecular formula is C12H21NO3. The number of ether oxygens (including phenoxy) is 1. The number of hydrogen-bond acceptors (Lipinski definition) is 4. The zero-order chi connectivity index (χ0) is 11.4. The minimum Gasteiger partial charge on any atom is -0.464 e. The molecule has 0 radical (unpaired) electrons. The lowest BCUT2D eigenvalue weighted by molar-refractivity contribution is -0.147. The van der Waals surface area contributed by atoms with Gasteiger partial charge in [0, 0.05) is 13.0 Å². The summed E-state index contributed by atoms with van der Waals surface area (Å²) < 4.78 is 5.30. The molecule has 0 unspecified atom stereocenters. The summed E-state index contributed by atoms with van der Waals surface area (Å²) in [7, 11) is 0. The molecule has 0 spiro atoms. The minimum atomic E-state index is -0.396. The average Bonchev–Trinajstić information content (AvgIpc) is 2.74. The van der Waals surface area contributed by atoms with Crippen molar-refractivity contribution in [2.45, 2.75) is 50.7 Å². The third-order valence-corrected chi connectivity index (χ3v) is 3.58. The van der Waals surface area contributed by atoms with Crippen molar-refractivity contribution in [2.75, 3.05) is 13.2 Å². The van der Waals surface area contributed by atoms with Crippen LogP contribution < -0.4 is 5.32 Å². The Balaban J connectivity index is 1.67. The molecule has 0 aromatic rings. The quantitative estimate of drug-likeness (QED) is 0.701. The van der Waals surface area contributed by atoms with E-state index in [1.165, 1.54) is 32.1 Å². The standard InChI is InChI=1S/C12H21NO3/c14-10-6-11(13-7-10)12(15)16-8-9-4-2-1-3-5-9/h9-11,13-14H,1-8H2/t10-,11+/m1/s1. The van der Waals surface area contributed by atoms with Gasteiger partial charge in [-0.3, -0.25) is 4.79 Å². The first-order chi connectivity index (χ1) is 7.75. The van der Waals surface area contributed by atoms with E-state index in [1.54, 1.807) is 0 Å². The van der Waals surface area contributed by atoms with Gasteiger partial charge < -0.3 is 15.2 Å². The second kappa shape index (κ2) is 5.64. The summed E-state index contributed by atoms with van der Waals surface area (Å²) in [5.74, 6) is 0.367. The van der Waals surface area contributed by atoms with E-state index in [4.69, 9.17) is 4.74 Å². The van der Waals surface area contributed by atoms with Crippen LogP contribution in [0, 0.1) is 5.92 Å². The van der Waals surface area contributed by atoms with Crippen LogP contribution in [0.2, 0.25) is 0 Å². The normalized spacial score (nSPS) is 31.6. The summed E-state index contributed by atoms with van der Waals surface area (Å²) >= 11 is 0. The van der Waals surface area contributed by atoms with Crippen LogP contribution in [-0.4, -0.2) is 36.4 Å². The topological polar surface area (TPSA) is 58.6 Å². The maximum atomic E-state index is 11.6. The summed E-state index contributed by atoms with van der Waals surface area (Å²) in [4.78, 5) is 11.6. The molecule has 0 aromatic carbocycles. The number of esters is 1. The highest BCUT2D eigenvalue weighted by atomic mass is 16.5. The summed E-state index contributed by atoms with van der Waals surface area (Å²) in [6.07, 6.45) is 6.32. The maximum Gasteiger partial charge on any atom is 0.323 e. The molecule has 4 nitrogen and oxygen atoms in total. The summed E-state index contributed by atoms with van der Waals surface area (Å²) in [6.45, 7) is 1.07. The first kappa shape index (κ1) is 11.9. The van der Waals surface area contributed by atoms with Crippen molar-refractivity contribution < 1.29 is 14.6 Å². The number of β-amino-alcohol motifs (C(OH)–C–C–N with tert-alkyl or cyclic N) is 1. The molecule has 1 aliphatic carbocycles. The molecule has 2 rings (SSSR count). The molecule has 0 amide bonds. The fourth-order valence-corrected chi connectivity index (χ4v) is 2.55. The van der Waals surface area contributed by atoms with Crippen LogP contribution >= 0.6 is 0 Å². The van der Waals surface area contributed by atoms with Crippen molar-refractivity contribution in [3.05, 3.63) is 0 Å². The lowest BCUT2D eigenvalue weighted by Crippen LogP contribution is -2.33.